The first-order valence-corrected chi connectivity index (χ1v) is 6.06. The summed E-state index contributed by atoms with van der Waals surface area (Å²) in [6.07, 6.45) is 0.515. The monoisotopic (exact) mass is 278 g/mol. The van der Waals surface area contributed by atoms with Crippen molar-refractivity contribution in [2.45, 2.75) is 52.1 Å². The summed E-state index contributed by atoms with van der Waals surface area (Å²) in [5.74, 6) is -2.08. The minimum Gasteiger partial charge on any atom is -0.481 e. The van der Waals surface area contributed by atoms with Crippen LogP contribution in [0.3, 0.4) is 0 Å². The number of aliphatic hydroxyl groups is 1. The average molecular weight is 278 g/mol. The smallest absolute Gasteiger partial charge is 0.308 e. The van der Waals surface area contributed by atoms with E-state index >= 15 is 0 Å². The minimum atomic E-state index is -0.870. The third-order valence-corrected chi connectivity index (χ3v) is 1.80. The van der Waals surface area contributed by atoms with E-state index in [1.807, 2.05) is 0 Å². The molecule has 3 N–H and O–H groups in total. The van der Waals surface area contributed by atoms with E-state index in [2.05, 4.69) is 4.74 Å². The molecule has 0 aliphatic carbocycles. The molecule has 112 valence electrons. The summed E-state index contributed by atoms with van der Waals surface area (Å²) in [7, 11) is 0. The van der Waals surface area contributed by atoms with Gasteiger partial charge in [-0.1, -0.05) is 0 Å². The molecular weight excluding hydrogens is 256 g/mol. The summed E-state index contributed by atoms with van der Waals surface area (Å²) in [5, 5.41) is 24.9. The molecule has 0 aromatic carbocycles. The van der Waals surface area contributed by atoms with Crippen molar-refractivity contribution in [2.24, 2.45) is 0 Å². The fourth-order valence-electron chi connectivity index (χ4n) is 1.01. The summed E-state index contributed by atoms with van der Waals surface area (Å²) in [5.41, 5.74) is 0. The van der Waals surface area contributed by atoms with E-state index in [9.17, 15) is 14.4 Å². The van der Waals surface area contributed by atoms with Crippen LogP contribution in [-0.2, 0) is 19.1 Å². The van der Waals surface area contributed by atoms with Gasteiger partial charge in [0.2, 0.25) is 0 Å². The highest BCUT2D eigenvalue weighted by atomic mass is 16.5. The molecule has 0 radical (unpaired) electrons. The van der Waals surface area contributed by atoms with Crippen LogP contribution < -0.4 is 0 Å². The van der Waals surface area contributed by atoms with E-state index < -0.39 is 18.0 Å². The summed E-state index contributed by atoms with van der Waals surface area (Å²) in [6, 6.07) is 0. The van der Waals surface area contributed by atoms with Crippen molar-refractivity contribution in [3.8, 4) is 0 Å². The van der Waals surface area contributed by atoms with Gasteiger partial charge in [-0.15, -0.1) is 0 Å². The van der Waals surface area contributed by atoms with Crippen molar-refractivity contribution in [3.05, 3.63) is 0 Å². The molecule has 0 aromatic heterocycles. The molecule has 0 amide bonds. The number of esters is 1. The second-order valence-corrected chi connectivity index (χ2v) is 3.85. The molecule has 0 fully saturated rings. The van der Waals surface area contributed by atoms with Gasteiger partial charge >= 0.3 is 17.9 Å². The first-order valence-electron chi connectivity index (χ1n) is 6.06. The number of hydrogen-bond donors (Lipinski definition) is 3. The lowest BCUT2D eigenvalue weighted by molar-refractivity contribution is -0.145. The Labute approximate surface area is 112 Å². The van der Waals surface area contributed by atoms with Crippen LogP contribution in [0.4, 0.5) is 0 Å². The normalized spacial score (nSPS) is 10.9. The average Bonchev–Trinajstić information content (AvgIpc) is 2.24. The van der Waals surface area contributed by atoms with E-state index in [0.717, 1.165) is 0 Å². The maximum atomic E-state index is 10.5. The largest absolute Gasteiger partial charge is 0.481 e. The van der Waals surface area contributed by atoms with Crippen molar-refractivity contribution in [2.75, 3.05) is 6.61 Å². The molecule has 0 aliphatic rings. The highest BCUT2D eigenvalue weighted by molar-refractivity contribution is 5.69. The predicted octanol–water partition coefficient (Wildman–Crippen LogP) is 1.04. The van der Waals surface area contributed by atoms with E-state index in [-0.39, 0.29) is 25.2 Å². The number of rotatable bonds is 8. The predicted molar refractivity (Wildman–Crippen MR) is 66.7 cm³/mol. The minimum absolute atomic E-state index is 0.0628. The molecule has 1 atom stereocenters. The van der Waals surface area contributed by atoms with Gasteiger partial charge in [0.15, 0.2) is 0 Å². The van der Waals surface area contributed by atoms with Gasteiger partial charge in [0.1, 0.15) is 0 Å². The third-order valence-electron chi connectivity index (χ3n) is 1.80. The van der Waals surface area contributed by atoms with E-state index in [4.69, 9.17) is 15.3 Å². The molecule has 0 aliphatic heterocycles. The van der Waals surface area contributed by atoms with Crippen molar-refractivity contribution < 1.29 is 34.4 Å². The Hall–Kier alpha value is -1.63. The van der Waals surface area contributed by atoms with Crippen LogP contribution in [0.25, 0.3) is 0 Å². The number of carbonyl (C=O) groups excluding carboxylic acids is 1. The molecule has 0 heterocycles. The Morgan fingerprint density at radius 2 is 1.47 bits per heavy atom. The quantitative estimate of drug-likeness (QED) is 0.448. The van der Waals surface area contributed by atoms with Gasteiger partial charge in [0.05, 0.1) is 19.1 Å². The number of ether oxygens (including phenoxy) is 1. The highest BCUT2D eigenvalue weighted by Crippen LogP contribution is 1.98. The van der Waals surface area contributed by atoms with Gasteiger partial charge in [-0.3, -0.25) is 14.4 Å². The molecule has 7 heteroatoms. The number of unbranched alkanes of at least 4 members (excludes halogenated alkanes) is 1. The Kier molecular flexibility index (Phi) is 13.3. The van der Waals surface area contributed by atoms with Gasteiger partial charge in [-0.2, -0.15) is 0 Å². The number of carboxylic acids is 2. The van der Waals surface area contributed by atoms with Crippen LogP contribution >= 0.6 is 0 Å². The highest BCUT2D eigenvalue weighted by Gasteiger charge is 2.04. The second kappa shape index (κ2) is 12.8. The number of carbonyl (C=O) groups is 3. The first-order chi connectivity index (χ1) is 8.79. The molecule has 1 unspecified atom stereocenters. The molecule has 7 nitrogen and oxygen atoms in total. The lowest BCUT2D eigenvalue weighted by atomic mass is 10.2. The Morgan fingerprint density at radius 1 is 1.05 bits per heavy atom. The fourth-order valence-corrected chi connectivity index (χ4v) is 1.01. The molecule has 0 saturated carbocycles. The van der Waals surface area contributed by atoms with Crippen LogP contribution in [0, 0.1) is 0 Å². The van der Waals surface area contributed by atoms with Gasteiger partial charge in [0, 0.05) is 12.8 Å². The molecule has 0 aromatic rings. The summed E-state index contributed by atoms with van der Waals surface area (Å²) in [4.78, 5) is 30.3. The van der Waals surface area contributed by atoms with Crippen LogP contribution in [0.2, 0.25) is 0 Å². The summed E-state index contributed by atoms with van der Waals surface area (Å²) < 4.78 is 4.55. The number of aliphatic hydroxyl groups excluding tert-OH is 1. The van der Waals surface area contributed by atoms with E-state index in [0.29, 0.717) is 19.4 Å². The van der Waals surface area contributed by atoms with Gasteiger partial charge in [-0.25, -0.2) is 0 Å². The topological polar surface area (TPSA) is 121 Å². The second-order valence-electron chi connectivity index (χ2n) is 3.85. The maximum Gasteiger partial charge on any atom is 0.308 e. The fraction of sp³-hybridized carbons (Fsp3) is 0.750. The summed E-state index contributed by atoms with van der Waals surface area (Å²) >= 11 is 0. The van der Waals surface area contributed by atoms with Crippen molar-refractivity contribution in [1.29, 1.82) is 0 Å². The molecule has 19 heavy (non-hydrogen) atoms. The zero-order chi connectivity index (χ0) is 15.3. The molecule has 0 rings (SSSR count). The molecular formula is C12H22O7. The zero-order valence-corrected chi connectivity index (χ0v) is 11.3. The molecule has 0 saturated heterocycles. The number of aliphatic carboxylic acids is 2. The van der Waals surface area contributed by atoms with Crippen molar-refractivity contribution in [1.82, 2.24) is 0 Å². The first kappa shape index (κ1) is 19.7. The molecule has 0 bridgehead atoms. The van der Waals surface area contributed by atoms with Gasteiger partial charge in [-0.05, 0) is 26.7 Å². The van der Waals surface area contributed by atoms with Crippen molar-refractivity contribution in [3.63, 3.8) is 0 Å². The van der Waals surface area contributed by atoms with Crippen molar-refractivity contribution >= 4 is 17.9 Å². The lowest BCUT2D eigenvalue weighted by Gasteiger charge is -2.01. The van der Waals surface area contributed by atoms with Crippen LogP contribution in [0.15, 0.2) is 0 Å². The Balaban J connectivity index is 0. The van der Waals surface area contributed by atoms with E-state index in [1.54, 1.807) is 13.8 Å². The number of hydrogen-bond acceptors (Lipinski definition) is 5. The SMILES string of the molecule is CCOC(=O)CC(C)O.O=C(O)CCCCC(=O)O. The van der Waals surface area contributed by atoms with Crippen LogP contribution in [-0.4, -0.2) is 45.9 Å². The maximum absolute atomic E-state index is 10.5. The summed E-state index contributed by atoms with van der Waals surface area (Å²) in [6.45, 7) is 3.67. The molecule has 0 spiro atoms. The third kappa shape index (κ3) is 22.1. The lowest BCUT2D eigenvalue weighted by Crippen LogP contribution is -2.11. The number of carboxylic acid groups (broad SMARTS) is 2. The van der Waals surface area contributed by atoms with Gasteiger partial charge < -0.3 is 20.1 Å². The zero-order valence-electron chi connectivity index (χ0n) is 11.3. The van der Waals surface area contributed by atoms with E-state index in [1.165, 1.54) is 0 Å². The Bertz CT molecular complexity index is 257. The van der Waals surface area contributed by atoms with Crippen LogP contribution in [0.5, 0.6) is 0 Å². The Morgan fingerprint density at radius 3 is 1.74 bits per heavy atom. The van der Waals surface area contributed by atoms with Gasteiger partial charge in [0.25, 0.3) is 0 Å². The van der Waals surface area contributed by atoms with Crippen LogP contribution in [0.1, 0.15) is 46.0 Å². The standard InChI is InChI=1S/C6H10O4.C6H12O3/c7-5(8)3-1-2-4-6(9)10;1-3-9-6(8)4-5(2)7/h1-4H2,(H,7,8)(H,9,10);5,7H,3-4H2,1-2H3.